The highest BCUT2D eigenvalue weighted by molar-refractivity contribution is 7.21. The fourth-order valence-corrected chi connectivity index (χ4v) is 4.35. The van der Waals surface area contributed by atoms with Crippen molar-refractivity contribution in [1.82, 2.24) is 9.97 Å². The first-order valence-electron chi connectivity index (χ1n) is 8.80. The van der Waals surface area contributed by atoms with Crippen molar-refractivity contribution in [3.05, 3.63) is 95.2 Å². The Kier molecular flexibility index (Phi) is 3.55. The van der Waals surface area contributed by atoms with E-state index >= 15 is 0 Å². The fraction of sp³-hybridized carbons (Fsp3) is 0.0870. The van der Waals surface area contributed by atoms with Crippen LogP contribution in [0.15, 0.2) is 72.8 Å². The molecule has 27 heavy (non-hydrogen) atoms. The monoisotopic (exact) mass is 368 g/mol. The van der Waals surface area contributed by atoms with Crippen molar-refractivity contribution in [3.8, 4) is 10.6 Å². The normalized spacial score (nSPS) is 14.4. The summed E-state index contributed by atoms with van der Waals surface area (Å²) in [7, 11) is 0. The van der Waals surface area contributed by atoms with Crippen molar-refractivity contribution >= 4 is 28.0 Å². The Morgan fingerprint density at radius 2 is 1.78 bits per heavy atom. The van der Waals surface area contributed by atoms with Crippen molar-refractivity contribution in [2.24, 2.45) is 0 Å². The third kappa shape index (κ3) is 2.61. The molecule has 2 heterocycles. The number of thiazole rings is 1. The molecular formula is C23H16N2OS. The lowest BCUT2D eigenvalue weighted by atomic mass is 9.89. The number of allylic oxidation sites excluding steroid dienone is 2. The average molecular weight is 368 g/mol. The molecule has 0 aliphatic heterocycles. The lowest BCUT2D eigenvalue weighted by molar-refractivity contribution is 0.112. The summed E-state index contributed by atoms with van der Waals surface area (Å²) in [6.45, 7) is 1.94. The highest BCUT2D eigenvalue weighted by atomic mass is 32.1. The van der Waals surface area contributed by atoms with Gasteiger partial charge in [-0.25, -0.2) is 9.97 Å². The maximum atomic E-state index is 11.0. The van der Waals surface area contributed by atoms with E-state index in [0.29, 0.717) is 5.56 Å². The molecule has 0 amide bonds. The Morgan fingerprint density at radius 1 is 0.963 bits per heavy atom. The zero-order valence-corrected chi connectivity index (χ0v) is 15.5. The number of pyridine rings is 1. The van der Waals surface area contributed by atoms with Gasteiger partial charge < -0.3 is 0 Å². The second-order valence-electron chi connectivity index (χ2n) is 6.80. The number of rotatable bonds is 4. The van der Waals surface area contributed by atoms with Gasteiger partial charge in [0.1, 0.15) is 21.6 Å². The van der Waals surface area contributed by atoms with Crippen molar-refractivity contribution < 1.29 is 4.79 Å². The van der Waals surface area contributed by atoms with Crippen molar-refractivity contribution in [1.29, 1.82) is 0 Å². The Labute approximate surface area is 161 Å². The van der Waals surface area contributed by atoms with E-state index in [1.165, 1.54) is 5.56 Å². The van der Waals surface area contributed by atoms with Crippen LogP contribution in [0, 0.1) is 6.92 Å². The van der Waals surface area contributed by atoms with Crippen LogP contribution < -0.4 is 0 Å². The number of carbonyl (C=O) groups is 1. The molecule has 4 aromatic rings. The van der Waals surface area contributed by atoms with Crippen LogP contribution in [-0.2, 0) is 5.41 Å². The van der Waals surface area contributed by atoms with Gasteiger partial charge in [0.05, 0.1) is 11.1 Å². The summed E-state index contributed by atoms with van der Waals surface area (Å²) < 4.78 is 0. The predicted octanol–water partition coefficient (Wildman–Crippen LogP) is 5.34. The summed E-state index contributed by atoms with van der Waals surface area (Å²) in [6.07, 6.45) is 5.27. The van der Waals surface area contributed by atoms with Crippen LogP contribution in [0.4, 0.5) is 0 Å². The van der Waals surface area contributed by atoms with Gasteiger partial charge in [0.15, 0.2) is 0 Å². The van der Waals surface area contributed by atoms with E-state index in [0.717, 1.165) is 38.5 Å². The molecule has 0 atom stereocenters. The summed E-state index contributed by atoms with van der Waals surface area (Å²) in [6, 6.07) is 20.4. The van der Waals surface area contributed by atoms with Crippen molar-refractivity contribution in [2.45, 2.75) is 12.3 Å². The van der Waals surface area contributed by atoms with Crippen LogP contribution in [0.25, 0.3) is 20.9 Å². The zero-order chi connectivity index (χ0) is 18.4. The molecule has 130 valence electrons. The number of nitrogens with zero attached hydrogens (tertiary/aromatic N) is 2. The van der Waals surface area contributed by atoms with Gasteiger partial charge in [0.25, 0.3) is 0 Å². The number of hydrogen-bond donors (Lipinski definition) is 0. The Balaban J connectivity index is 1.56. The van der Waals surface area contributed by atoms with Gasteiger partial charge in [-0.3, -0.25) is 4.79 Å². The second-order valence-corrected chi connectivity index (χ2v) is 7.77. The number of aldehydes is 1. The van der Waals surface area contributed by atoms with Gasteiger partial charge >= 0.3 is 0 Å². The summed E-state index contributed by atoms with van der Waals surface area (Å²) in [5, 5.41) is 0.924. The van der Waals surface area contributed by atoms with E-state index in [1.807, 2.05) is 31.2 Å². The molecule has 0 radical (unpaired) electrons. The lowest BCUT2D eigenvalue weighted by Crippen LogP contribution is -2.12. The molecule has 0 unspecified atom stereocenters. The topological polar surface area (TPSA) is 42.9 Å². The van der Waals surface area contributed by atoms with Crippen LogP contribution in [0.1, 0.15) is 27.2 Å². The van der Waals surface area contributed by atoms with Gasteiger partial charge in [-0.2, -0.15) is 0 Å². The van der Waals surface area contributed by atoms with E-state index < -0.39 is 0 Å². The Morgan fingerprint density at radius 3 is 2.48 bits per heavy atom. The molecule has 0 saturated carbocycles. The number of aryl methyl sites for hydroxylation is 1. The number of fused-ring (bicyclic) bond motifs is 1. The number of carbonyl (C=O) groups excluding carboxylic acids is 1. The van der Waals surface area contributed by atoms with Gasteiger partial charge in [-0.05, 0) is 36.2 Å². The molecule has 2 aromatic carbocycles. The maximum absolute atomic E-state index is 11.0. The highest BCUT2D eigenvalue weighted by Gasteiger charge is 2.39. The van der Waals surface area contributed by atoms with E-state index in [1.54, 1.807) is 11.3 Å². The van der Waals surface area contributed by atoms with Gasteiger partial charge in [0, 0.05) is 11.1 Å². The zero-order valence-electron chi connectivity index (χ0n) is 14.7. The van der Waals surface area contributed by atoms with E-state index in [2.05, 4.69) is 48.6 Å². The first-order chi connectivity index (χ1) is 13.2. The van der Waals surface area contributed by atoms with E-state index in [4.69, 9.17) is 9.97 Å². The molecule has 4 heteroatoms. The van der Waals surface area contributed by atoms with Crippen molar-refractivity contribution in [3.63, 3.8) is 0 Å². The molecule has 0 fully saturated rings. The first-order valence-corrected chi connectivity index (χ1v) is 9.61. The Bertz CT molecular complexity index is 1200. The molecule has 0 spiro atoms. The molecule has 5 rings (SSSR count). The van der Waals surface area contributed by atoms with Gasteiger partial charge in [0.2, 0.25) is 0 Å². The van der Waals surface area contributed by atoms with Crippen LogP contribution in [0.2, 0.25) is 0 Å². The molecule has 0 bridgehead atoms. The third-order valence-electron chi connectivity index (χ3n) is 5.07. The highest BCUT2D eigenvalue weighted by Crippen LogP contribution is 2.44. The number of hydrogen-bond acceptors (Lipinski definition) is 4. The minimum Gasteiger partial charge on any atom is -0.298 e. The molecule has 3 nitrogen and oxygen atoms in total. The minimum atomic E-state index is -0.179. The van der Waals surface area contributed by atoms with Crippen LogP contribution >= 0.6 is 11.3 Å². The Hall–Kier alpha value is -3.11. The van der Waals surface area contributed by atoms with Gasteiger partial charge in [-0.15, -0.1) is 0 Å². The van der Waals surface area contributed by atoms with E-state index in [-0.39, 0.29) is 5.41 Å². The van der Waals surface area contributed by atoms with Crippen molar-refractivity contribution in [2.75, 3.05) is 0 Å². The second kappa shape index (κ2) is 5.96. The standard InChI is InChI=1S/C23H16N2OS/c1-15-13-16(7-8-17(15)14-26)21-24-19-9-10-20(25-22(19)27-21)23(11-12-23)18-5-3-2-4-6-18/h2-14H,1H3. The fourth-order valence-electron chi connectivity index (χ4n) is 3.42. The predicted molar refractivity (Wildman–Crippen MR) is 109 cm³/mol. The first kappa shape index (κ1) is 16.1. The van der Waals surface area contributed by atoms with E-state index in [9.17, 15) is 4.79 Å². The summed E-state index contributed by atoms with van der Waals surface area (Å²) in [5.74, 6) is 0. The minimum absolute atomic E-state index is 0.179. The molecule has 0 saturated heterocycles. The number of benzene rings is 2. The van der Waals surface area contributed by atoms with Crippen LogP contribution in [0.5, 0.6) is 0 Å². The van der Waals surface area contributed by atoms with Gasteiger partial charge in [-0.1, -0.05) is 66.0 Å². The summed E-state index contributed by atoms with van der Waals surface area (Å²) in [5.41, 5.74) is 5.68. The third-order valence-corrected chi connectivity index (χ3v) is 6.09. The smallest absolute Gasteiger partial charge is 0.150 e. The summed E-state index contributed by atoms with van der Waals surface area (Å²) in [4.78, 5) is 21.6. The molecule has 1 aliphatic carbocycles. The molecular weight excluding hydrogens is 352 g/mol. The molecule has 1 aliphatic rings. The maximum Gasteiger partial charge on any atom is 0.150 e. The largest absolute Gasteiger partial charge is 0.298 e. The quantitative estimate of drug-likeness (QED) is 0.361. The summed E-state index contributed by atoms with van der Waals surface area (Å²) >= 11 is 1.59. The van der Waals surface area contributed by atoms with Crippen LogP contribution in [0.3, 0.4) is 0 Å². The SMILES string of the molecule is Cc1cc(-c2nc3ccc(C4(c5ccccc5)C=C4)nc3s2)ccc1C=O. The lowest BCUT2D eigenvalue weighted by Gasteiger charge is -2.15. The van der Waals surface area contributed by atoms with Crippen LogP contribution in [-0.4, -0.2) is 16.3 Å². The average Bonchev–Trinajstić information content (AvgIpc) is 3.41. The number of aromatic nitrogens is 2. The molecule has 2 aromatic heterocycles. The molecule has 0 N–H and O–H groups in total.